The van der Waals surface area contributed by atoms with Gasteiger partial charge in [-0.2, -0.15) is 5.21 Å². The average molecular weight is 272 g/mol. The Morgan fingerprint density at radius 3 is 2.89 bits per heavy atom. The number of aromatic amines is 1. The van der Waals surface area contributed by atoms with Crippen LogP contribution in [0.3, 0.4) is 0 Å². The molecule has 2 aromatic rings. The summed E-state index contributed by atoms with van der Waals surface area (Å²) in [5.74, 6) is -0.743. The number of nitrogens with one attached hydrogen (secondary N) is 2. The third-order valence-corrected chi connectivity index (χ3v) is 3.47. The van der Waals surface area contributed by atoms with E-state index in [9.17, 15) is 12.8 Å². The number of nitrogens with two attached hydrogens (primary N) is 1. The number of aromatic nitrogens is 4. The predicted octanol–water partition coefficient (Wildman–Crippen LogP) is -0.601. The van der Waals surface area contributed by atoms with Crippen molar-refractivity contribution in [3.8, 4) is 0 Å². The largest absolute Gasteiger partial charge is 0.399 e. The Kier molecular flexibility index (Phi) is 3.21. The number of anilines is 1. The van der Waals surface area contributed by atoms with Crippen LogP contribution in [0.2, 0.25) is 0 Å². The number of hydrogen-bond acceptors (Lipinski definition) is 6. The lowest BCUT2D eigenvalue weighted by atomic mass is 10.3. The second kappa shape index (κ2) is 4.66. The second-order valence-corrected chi connectivity index (χ2v) is 5.08. The number of nitrogen functional groups attached to an aromatic ring is 1. The van der Waals surface area contributed by atoms with E-state index in [1.165, 1.54) is 6.07 Å². The van der Waals surface area contributed by atoms with E-state index in [1.54, 1.807) is 0 Å². The maximum Gasteiger partial charge on any atom is 0.243 e. The topological polar surface area (TPSA) is 127 Å². The lowest BCUT2D eigenvalue weighted by Gasteiger charge is -2.06. The maximum atomic E-state index is 13.4. The van der Waals surface area contributed by atoms with Gasteiger partial charge in [0.2, 0.25) is 10.0 Å². The Balaban J connectivity index is 2.22. The SMILES string of the molecule is Nc1ccc(F)c(S(=O)(=O)NCc2nn[nH]n2)c1. The molecule has 1 aromatic carbocycles. The summed E-state index contributed by atoms with van der Waals surface area (Å²) in [6.45, 7) is -0.201. The molecule has 0 amide bonds. The molecular weight excluding hydrogens is 263 g/mol. The van der Waals surface area contributed by atoms with Crippen LogP contribution in [0, 0.1) is 5.82 Å². The number of rotatable bonds is 4. The van der Waals surface area contributed by atoms with Crippen LogP contribution in [0.5, 0.6) is 0 Å². The smallest absolute Gasteiger partial charge is 0.243 e. The number of nitrogens with zero attached hydrogens (tertiary/aromatic N) is 3. The molecule has 0 bridgehead atoms. The molecule has 0 fully saturated rings. The molecule has 0 aliphatic carbocycles. The Hall–Kier alpha value is -2.07. The van der Waals surface area contributed by atoms with Crippen molar-refractivity contribution in [2.45, 2.75) is 11.4 Å². The summed E-state index contributed by atoms with van der Waals surface area (Å²) in [7, 11) is -4.02. The first-order valence-corrected chi connectivity index (χ1v) is 6.24. The molecule has 10 heteroatoms. The Labute approximate surface area is 101 Å². The van der Waals surface area contributed by atoms with Gasteiger partial charge in [0.05, 0.1) is 6.54 Å². The van der Waals surface area contributed by atoms with E-state index in [1.807, 2.05) is 0 Å². The number of hydrogen-bond donors (Lipinski definition) is 3. The lowest BCUT2D eigenvalue weighted by molar-refractivity contribution is 0.555. The van der Waals surface area contributed by atoms with E-state index in [0.717, 1.165) is 12.1 Å². The number of sulfonamides is 1. The van der Waals surface area contributed by atoms with Crippen molar-refractivity contribution in [2.75, 3.05) is 5.73 Å². The van der Waals surface area contributed by atoms with Crippen LogP contribution in [0.15, 0.2) is 23.1 Å². The van der Waals surface area contributed by atoms with Crippen LogP contribution >= 0.6 is 0 Å². The number of halogens is 1. The minimum absolute atomic E-state index is 0.142. The normalized spacial score (nSPS) is 11.6. The van der Waals surface area contributed by atoms with Crippen LogP contribution in [0.4, 0.5) is 10.1 Å². The first-order chi connectivity index (χ1) is 8.49. The van der Waals surface area contributed by atoms with Crippen molar-refractivity contribution in [1.29, 1.82) is 0 Å². The van der Waals surface area contributed by atoms with Crippen molar-refractivity contribution in [2.24, 2.45) is 0 Å². The summed E-state index contributed by atoms with van der Waals surface area (Å²) in [4.78, 5) is -0.522. The fourth-order valence-corrected chi connectivity index (χ4v) is 2.31. The minimum Gasteiger partial charge on any atom is -0.399 e. The first kappa shape index (κ1) is 12.4. The van der Waals surface area contributed by atoms with Crippen molar-refractivity contribution in [1.82, 2.24) is 25.3 Å². The first-order valence-electron chi connectivity index (χ1n) is 4.76. The van der Waals surface area contributed by atoms with E-state index >= 15 is 0 Å². The minimum atomic E-state index is -4.02. The summed E-state index contributed by atoms with van der Waals surface area (Å²) in [5.41, 5.74) is 5.57. The highest BCUT2D eigenvalue weighted by atomic mass is 32.2. The molecule has 0 atom stereocenters. The van der Waals surface area contributed by atoms with Crippen LogP contribution in [-0.2, 0) is 16.6 Å². The van der Waals surface area contributed by atoms with Gasteiger partial charge in [-0.15, -0.1) is 10.2 Å². The predicted molar refractivity (Wildman–Crippen MR) is 59.0 cm³/mol. The van der Waals surface area contributed by atoms with Gasteiger partial charge in [-0.1, -0.05) is 5.21 Å². The Morgan fingerprint density at radius 1 is 1.44 bits per heavy atom. The molecule has 8 nitrogen and oxygen atoms in total. The van der Waals surface area contributed by atoms with Crippen LogP contribution < -0.4 is 10.5 Å². The molecule has 0 saturated carbocycles. The molecule has 0 aliphatic heterocycles. The third-order valence-electron chi connectivity index (χ3n) is 2.05. The molecule has 0 aliphatic rings. The highest BCUT2D eigenvalue weighted by Gasteiger charge is 2.19. The Morgan fingerprint density at radius 2 is 2.22 bits per heavy atom. The quantitative estimate of drug-likeness (QED) is 0.638. The summed E-state index contributed by atoms with van der Waals surface area (Å²) >= 11 is 0. The van der Waals surface area contributed by atoms with Crippen LogP contribution in [-0.4, -0.2) is 29.0 Å². The number of benzene rings is 1. The maximum absolute atomic E-state index is 13.4. The van der Waals surface area contributed by atoms with E-state index in [2.05, 4.69) is 25.3 Å². The lowest BCUT2D eigenvalue weighted by Crippen LogP contribution is -2.25. The molecule has 4 N–H and O–H groups in total. The van der Waals surface area contributed by atoms with E-state index < -0.39 is 20.7 Å². The number of tetrazole rings is 1. The van der Waals surface area contributed by atoms with E-state index in [4.69, 9.17) is 5.73 Å². The van der Waals surface area contributed by atoms with E-state index in [0.29, 0.717) is 0 Å². The molecule has 18 heavy (non-hydrogen) atoms. The van der Waals surface area contributed by atoms with Crippen molar-refractivity contribution in [3.05, 3.63) is 29.8 Å². The second-order valence-electron chi connectivity index (χ2n) is 3.34. The van der Waals surface area contributed by atoms with Gasteiger partial charge >= 0.3 is 0 Å². The van der Waals surface area contributed by atoms with Gasteiger partial charge in [-0.05, 0) is 18.2 Å². The highest BCUT2D eigenvalue weighted by molar-refractivity contribution is 7.89. The van der Waals surface area contributed by atoms with E-state index in [-0.39, 0.29) is 18.1 Å². The fraction of sp³-hybridized carbons (Fsp3) is 0.125. The molecule has 0 saturated heterocycles. The molecule has 2 rings (SSSR count). The summed E-state index contributed by atoms with van der Waals surface area (Å²) in [6, 6.07) is 3.29. The van der Waals surface area contributed by atoms with Gasteiger partial charge in [-0.25, -0.2) is 17.5 Å². The zero-order valence-electron chi connectivity index (χ0n) is 8.96. The van der Waals surface area contributed by atoms with Crippen molar-refractivity contribution < 1.29 is 12.8 Å². The molecule has 1 aromatic heterocycles. The monoisotopic (exact) mass is 272 g/mol. The highest BCUT2D eigenvalue weighted by Crippen LogP contribution is 2.17. The summed E-state index contributed by atoms with van der Waals surface area (Å²) in [5, 5.41) is 12.5. The third kappa shape index (κ3) is 2.60. The molecule has 0 radical (unpaired) electrons. The van der Waals surface area contributed by atoms with Gasteiger partial charge in [0.15, 0.2) is 5.82 Å². The molecule has 1 heterocycles. The van der Waals surface area contributed by atoms with Crippen molar-refractivity contribution >= 4 is 15.7 Å². The van der Waals surface area contributed by atoms with Gasteiger partial charge in [0.1, 0.15) is 10.7 Å². The van der Waals surface area contributed by atoms with Crippen LogP contribution in [0.25, 0.3) is 0 Å². The zero-order chi connectivity index (χ0) is 13.2. The number of H-pyrrole nitrogens is 1. The van der Waals surface area contributed by atoms with Gasteiger partial charge < -0.3 is 5.73 Å². The molecular formula is C8H9FN6O2S. The van der Waals surface area contributed by atoms with Gasteiger partial charge in [-0.3, -0.25) is 0 Å². The molecule has 0 unspecified atom stereocenters. The zero-order valence-corrected chi connectivity index (χ0v) is 9.78. The average Bonchev–Trinajstić information content (AvgIpc) is 2.83. The van der Waals surface area contributed by atoms with Gasteiger partial charge in [0, 0.05) is 5.69 Å². The van der Waals surface area contributed by atoms with Gasteiger partial charge in [0.25, 0.3) is 0 Å². The fourth-order valence-electron chi connectivity index (χ4n) is 1.22. The Bertz CT molecular complexity index is 642. The molecule has 96 valence electrons. The summed E-state index contributed by atoms with van der Waals surface area (Å²) < 4.78 is 39.2. The summed E-state index contributed by atoms with van der Waals surface area (Å²) in [6.07, 6.45) is 0. The standard InChI is InChI=1S/C8H9FN6O2S/c9-6-2-1-5(10)3-7(6)18(16,17)11-4-8-12-14-15-13-8/h1-3,11H,4,10H2,(H,12,13,14,15). The molecule has 0 spiro atoms. The van der Waals surface area contributed by atoms with Crippen LogP contribution in [0.1, 0.15) is 5.82 Å². The van der Waals surface area contributed by atoms with Crippen molar-refractivity contribution in [3.63, 3.8) is 0 Å².